The van der Waals surface area contributed by atoms with Crippen LogP contribution in [0, 0.1) is 0 Å². The Morgan fingerprint density at radius 3 is 2.73 bits per heavy atom. The highest BCUT2D eigenvalue weighted by molar-refractivity contribution is 8.24. The quantitative estimate of drug-likeness (QED) is 0.707. The van der Waals surface area contributed by atoms with Gasteiger partial charge in [0.05, 0.1) is 5.25 Å². The van der Waals surface area contributed by atoms with Crippen molar-refractivity contribution in [1.29, 1.82) is 0 Å². The minimum atomic E-state index is -0.153. The number of aryl methyl sites for hydroxylation is 1. The summed E-state index contributed by atoms with van der Waals surface area (Å²) in [6.45, 7) is 0.937. The van der Waals surface area contributed by atoms with Crippen LogP contribution in [0.15, 0.2) is 48.5 Å². The molecule has 2 aliphatic rings. The number of nitrogens with zero attached hydrogens (tertiary/aromatic N) is 1. The molecule has 0 spiro atoms. The molecule has 26 heavy (non-hydrogen) atoms. The van der Waals surface area contributed by atoms with Crippen molar-refractivity contribution >= 4 is 34.2 Å². The van der Waals surface area contributed by atoms with Gasteiger partial charge in [-0.2, -0.15) is 0 Å². The molecule has 0 unspecified atom stereocenters. The molecule has 0 aromatic heterocycles. The van der Waals surface area contributed by atoms with E-state index < -0.39 is 0 Å². The number of thiocarbonyl (C=S) groups is 1. The van der Waals surface area contributed by atoms with Crippen LogP contribution in [0.1, 0.15) is 17.5 Å². The van der Waals surface area contributed by atoms with Crippen LogP contribution < -0.4 is 9.47 Å². The van der Waals surface area contributed by atoms with Gasteiger partial charge >= 0.3 is 0 Å². The predicted octanol–water partition coefficient (Wildman–Crippen LogP) is 3.82. The molecule has 2 heterocycles. The van der Waals surface area contributed by atoms with Crippen LogP contribution in [0.25, 0.3) is 0 Å². The van der Waals surface area contributed by atoms with Gasteiger partial charge in [-0.25, -0.2) is 0 Å². The number of benzene rings is 2. The highest BCUT2D eigenvalue weighted by atomic mass is 32.2. The van der Waals surface area contributed by atoms with Crippen molar-refractivity contribution in [3.63, 3.8) is 0 Å². The van der Waals surface area contributed by atoms with Crippen LogP contribution in [0.5, 0.6) is 11.5 Å². The summed E-state index contributed by atoms with van der Waals surface area (Å²) in [6, 6.07) is 16.2. The van der Waals surface area contributed by atoms with Gasteiger partial charge in [0.15, 0.2) is 11.5 Å². The fraction of sp³-hybridized carbons (Fsp3) is 0.300. The topological polar surface area (TPSA) is 38.8 Å². The van der Waals surface area contributed by atoms with Crippen molar-refractivity contribution in [2.45, 2.75) is 24.5 Å². The summed E-state index contributed by atoms with van der Waals surface area (Å²) in [4.78, 5) is 14.5. The monoisotopic (exact) mass is 385 g/mol. The van der Waals surface area contributed by atoms with E-state index in [1.165, 1.54) is 17.3 Å². The van der Waals surface area contributed by atoms with E-state index >= 15 is 0 Å². The number of thioether (sulfide) groups is 1. The van der Waals surface area contributed by atoms with Crippen LogP contribution in [0.3, 0.4) is 0 Å². The van der Waals surface area contributed by atoms with Crippen LogP contribution in [-0.2, 0) is 17.6 Å². The number of amides is 1. The summed E-state index contributed by atoms with van der Waals surface area (Å²) in [5, 5.41) is -0.153. The maximum Gasteiger partial charge on any atom is 0.241 e. The molecule has 1 atom stereocenters. The van der Waals surface area contributed by atoms with Gasteiger partial charge in [-0.3, -0.25) is 9.69 Å². The van der Waals surface area contributed by atoms with Gasteiger partial charge in [0.2, 0.25) is 12.7 Å². The van der Waals surface area contributed by atoms with E-state index in [-0.39, 0.29) is 18.0 Å². The lowest BCUT2D eigenvalue weighted by Crippen LogP contribution is -2.33. The molecule has 1 amide bonds. The van der Waals surface area contributed by atoms with Gasteiger partial charge in [-0.15, -0.1) is 0 Å². The van der Waals surface area contributed by atoms with Crippen molar-refractivity contribution < 1.29 is 14.3 Å². The summed E-state index contributed by atoms with van der Waals surface area (Å²) >= 11 is 6.94. The van der Waals surface area contributed by atoms with Crippen LogP contribution in [0.2, 0.25) is 0 Å². The molecule has 2 aliphatic heterocycles. The van der Waals surface area contributed by atoms with Gasteiger partial charge in [0.1, 0.15) is 4.32 Å². The Kier molecular flexibility index (Phi) is 5.13. The van der Waals surface area contributed by atoms with Crippen molar-refractivity contribution in [3.8, 4) is 11.5 Å². The first kappa shape index (κ1) is 17.4. The summed E-state index contributed by atoms with van der Waals surface area (Å²) < 4.78 is 11.4. The lowest BCUT2D eigenvalue weighted by Gasteiger charge is -2.15. The fourth-order valence-electron chi connectivity index (χ4n) is 3.20. The Balaban J connectivity index is 1.34. The van der Waals surface area contributed by atoms with Crippen LogP contribution in [0.4, 0.5) is 0 Å². The Labute approximate surface area is 162 Å². The number of hydrogen-bond donors (Lipinski definition) is 0. The number of rotatable bonds is 6. The van der Waals surface area contributed by atoms with Gasteiger partial charge in [-0.1, -0.05) is 60.4 Å². The van der Waals surface area contributed by atoms with Gasteiger partial charge in [-0.05, 0) is 42.5 Å². The fourth-order valence-corrected chi connectivity index (χ4v) is 4.78. The lowest BCUT2D eigenvalue weighted by molar-refractivity contribution is -0.126. The summed E-state index contributed by atoms with van der Waals surface area (Å²) in [6.07, 6.45) is 2.51. The van der Waals surface area contributed by atoms with E-state index in [0.717, 1.165) is 29.9 Å². The largest absolute Gasteiger partial charge is 0.454 e. The molecule has 2 aromatic rings. The second kappa shape index (κ2) is 7.68. The number of fused-ring (bicyclic) bond motifs is 1. The van der Waals surface area contributed by atoms with E-state index in [4.69, 9.17) is 21.7 Å². The molecule has 134 valence electrons. The molecule has 0 radical (unpaired) electrons. The Morgan fingerprint density at radius 1 is 1.08 bits per heavy atom. The second-order valence-corrected chi connectivity index (χ2v) is 8.18. The lowest BCUT2D eigenvalue weighted by atomic mass is 10.1. The first-order chi connectivity index (χ1) is 12.7. The number of carbonyl (C=O) groups excluding carboxylic acids is 1. The molecule has 1 saturated heterocycles. The molecule has 0 saturated carbocycles. The van der Waals surface area contributed by atoms with Crippen molar-refractivity contribution in [2.75, 3.05) is 13.3 Å². The molecule has 1 fully saturated rings. The Hall–Kier alpha value is -2.05. The zero-order chi connectivity index (χ0) is 17.9. The van der Waals surface area contributed by atoms with Gasteiger partial charge in [0.25, 0.3) is 0 Å². The molecule has 6 heteroatoms. The minimum Gasteiger partial charge on any atom is -0.454 e. The maximum absolute atomic E-state index is 12.8. The third-order valence-electron chi connectivity index (χ3n) is 4.55. The zero-order valence-electron chi connectivity index (χ0n) is 14.2. The second-order valence-electron chi connectivity index (χ2n) is 6.34. The first-order valence-electron chi connectivity index (χ1n) is 8.65. The van der Waals surface area contributed by atoms with Crippen molar-refractivity contribution in [3.05, 3.63) is 59.7 Å². The van der Waals surface area contributed by atoms with E-state index in [2.05, 4.69) is 12.1 Å². The van der Waals surface area contributed by atoms with Crippen LogP contribution in [-0.4, -0.2) is 33.7 Å². The summed E-state index contributed by atoms with van der Waals surface area (Å²) in [5.41, 5.74) is 2.35. The number of ether oxygens (including phenoxy) is 2. The van der Waals surface area contributed by atoms with E-state index in [1.54, 1.807) is 4.90 Å². The normalized spacial score (nSPS) is 18.6. The summed E-state index contributed by atoms with van der Waals surface area (Å²) in [7, 11) is 0. The van der Waals surface area contributed by atoms with E-state index in [9.17, 15) is 4.79 Å². The molecule has 0 bridgehead atoms. The van der Waals surface area contributed by atoms with Crippen molar-refractivity contribution in [2.24, 2.45) is 0 Å². The van der Waals surface area contributed by atoms with Gasteiger partial charge < -0.3 is 9.47 Å². The molecular formula is C20H19NO3S2. The third kappa shape index (κ3) is 3.71. The van der Waals surface area contributed by atoms with Crippen LogP contribution >= 0.6 is 24.0 Å². The highest BCUT2D eigenvalue weighted by Gasteiger charge is 2.36. The molecule has 4 nitrogen and oxygen atoms in total. The third-order valence-corrected chi connectivity index (χ3v) is 6.14. The minimum absolute atomic E-state index is 0.116. The Bertz CT molecular complexity index is 825. The van der Waals surface area contributed by atoms with E-state index in [1.807, 2.05) is 36.4 Å². The Morgan fingerprint density at radius 2 is 1.88 bits per heavy atom. The standard InChI is InChI=1S/C20H19NO3S2/c22-19-18(12-15-8-9-16-17(11-15)24-13-23-16)26-20(25)21(19)10-4-7-14-5-2-1-3-6-14/h1-3,5-6,8-9,11,18H,4,7,10,12-13H2/t18-/m1/s1. The molecular weight excluding hydrogens is 366 g/mol. The van der Waals surface area contributed by atoms with Crippen molar-refractivity contribution in [1.82, 2.24) is 4.90 Å². The highest BCUT2D eigenvalue weighted by Crippen LogP contribution is 2.35. The SMILES string of the molecule is O=C1[C@@H](Cc2ccc3c(c2)OCO3)SC(=S)N1CCCc1ccccc1. The smallest absolute Gasteiger partial charge is 0.241 e. The molecule has 0 N–H and O–H groups in total. The summed E-state index contributed by atoms with van der Waals surface area (Å²) in [5.74, 6) is 1.63. The maximum atomic E-state index is 12.8. The average Bonchev–Trinajstić information content (AvgIpc) is 3.22. The first-order valence-corrected chi connectivity index (χ1v) is 9.94. The molecule has 0 aliphatic carbocycles. The predicted molar refractivity (Wildman–Crippen MR) is 107 cm³/mol. The zero-order valence-corrected chi connectivity index (χ0v) is 15.9. The number of carbonyl (C=O) groups is 1. The molecule has 2 aromatic carbocycles. The van der Waals surface area contributed by atoms with E-state index in [0.29, 0.717) is 17.3 Å². The average molecular weight is 386 g/mol. The number of hydrogen-bond acceptors (Lipinski definition) is 5. The van der Waals surface area contributed by atoms with Gasteiger partial charge in [0, 0.05) is 6.54 Å². The molecule has 4 rings (SSSR count).